The molecule has 2 aromatic rings. The molecule has 0 atom stereocenters. The van der Waals surface area contributed by atoms with Crippen LogP contribution in [0.25, 0.3) is 11.3 Å². The average molecular weight is 408 g/mol. The van der Waals surface area contributed by atoms with Crippen LogP contribution >= 0.6 is 0 Å². The lowest BCUT2D eigenvalue weighted by atomic mass is 9.80. The van der Waals surface area contributed by atoms with Crippen LogP contribution < -0.4 is 5.46 Å². The van der Waals surface area contributed by atoms with Gasteiger partial charge in [0.25, 0.3) is 0 Å². The zero-order valence-electron chi connectivity index (χ0n) is 19.1. The quantitative estimate of drug-likeness (QED) is 0.724. The molecule has 2 saturated heterocycles. The van der Waals surface area contributed by atoms with E-state index in [0.717, 1.165) is 43.0 Å². The van der Waals surface area contributed by atoms with E-state index in [1.807, 2.05) is 12.3 Å². The lowest BCUT2D eigenvalue weighted by molar-refractivity contribution is -0.0118. The number of nitrogens with zero attached hydrogens (tertiary/aromatic N) is 2. The number of hydrogen-bond acceptors (Lipinski definition) is 5. The first kappa shape index (κ1) is 21.5. The van der Waals surface area contributed by atoms with E-state index in [4.69, 9.17) is 14.0 Å². The summed E-state index contributed by atoms with van der Waals surface area (Å²) in [5.41, 5.74) is 3.60. The van der Waals surface area contributed by atoms with E-state index >= 15 is 0 Å². The number of morpholine rings is 1. The number of hydrogen-bond donors (Lipinski definition) is 0. The third-order valence-corrected chi connectivity index (χ3v) is 7.00. The average Bonchev–Trinajstić information content (AvgIpc) is 2.96. The summed E-state index contributed by atoms with van der Waals surface area (Å²) in [6.07, 6.45) is 1.86. The molecule has 6 heteroatoms. The van der Waals surface area contributed by atoms with Gasteiger partial charge in [-0.25, -0.2) is 0 Å². The van der Waals surface area contributed by atoms with Crippen molar-refractivity contribution in [1.29, 1.82) is 0 Å². The summed E-state index contributed by atoms with van der Waals surface area (Å²) in [5.74, 6) is 0. The van der Waals surface area contributed by atoms with Gasteiger partial charge >= 0.3 is 7.12 Å². The van der Waals surface area contributed by atoms with Crippen molar-refractivity contribution in [2.24, 2.45) is 0 Å². The van der Waals surface area contributed by atoms with Crippen molar-refractivity contribution in [2.75, 3.05) is 26.3 Å². The van der Waals surface area contributed by atoms with Gasteiger partial charge in [-0.2, -0.15) is 0 Å². The van der Waals surface area contributed by atoms with E-state index in [0.29, 0.717) is 0 Å². The molecule has 1 aromatic carbocycles. The largest absolute Gasteiger partial charge is 0.496 e. The van der Waals surface area contributed by atoms with E-state index in [2.05, 4.69) is 81.8 Å². The van der Waals surface area contributed by atoms with Crippen LogP contribution in [-0.2, 0) is 19.6 Å². The predicted octanol–water partition coefficient (Wildman–Crippen LogP) is 3.62. The van der Waals surface area contributed by atoms with E-state index in [-0.39, 0.29) is 23.9 Å². The van der Waals surface area contributed by atoms with Gasteiger partial charge in [-0.3, -0.25) is 9.88 Å². The molecule has 1 aromatic heterocycles. The Balaban J connectivity index is 1.49. The topological polar surface area (TPSA) is 43.8 Å². The zero-order chi connectivity index (χ0) is 21.6. The first-order chi connectivity index (χ1) is 14.1. The van der Waals surface area contributed by atoms with Gasteiger partial charge in [-0.1, -0.05) is 30.3 Å². The number of benzene rings is 1. The minimum Gasteiger partial charge on any atom is -0.399 e. The number of ether oxygens (including phenoxy) is 1. The second-order valence-corrected chi connectivity index (χ2v) is 9.80. The molecule has 0 radical (unpaired) electrons. The molecule has 3 heterocycles. The van der Waals surface area contributed by atoms with E-state index in [1.54, 1.807) is 0 Å². The van der Waals surface area contributed by atoms with Gasteiger partial charge in [0.1, 0.15) is 0 Å². The summed E-state index contributed by atoms with van der Waals surface area (Å²) in [6, 6.07) is 12.9. The summed E-state index contributed by atoms with van der Waals surface area (Å²) in [6.45, 7) is 16.4. The lowest BCUT2D eigenvalue weighted by Crippen LogP contribution is -2.47. The molecule has 5 nitrogen and oxygen atoms in total. The van der Waals surface area contributed by atoms with Gasteiger partial charge in [-0.15, -0.1) is 0 Å². The fourth-order valence-electron chi connectivity index (χ4n) is 4.05. The third-order valence-electron chi connectivity index (χ3n) is 7.00. The van der Waals surface area contributed by atoms with Crippen LogP contribution in [0.5, 0.6) is 0 Å². The van der Waals surface area contributed by atoms with Crippen molar-refractivity contribution in [3.63, 3.8) is 0 Å². The molecule has 2 fully saturated rings. The van der Waals surface area contributed by atoms with E-state index in [1.165, 1.54) is 5.56 Å². The molecule has 0 unspecified atom stereocenters. The van der Waals surface area contributed by atoms with Crippen LogP contribution in [0.15, 0.2) is 42.6 Å². The maximum absolute atomic E-state index is 6.13. The number of pyridine rings is 1. The van der Waals surface area contributed by atoms with E-state index < -0.39 is 0 Å². The third kappa shape index (κ3) is 3.94. The predicted molar refractivity (Wildman–Crippen MR) is 121 cm³/mol. The highest BCUT2D eigenvalue weighted by Crippen LogP contribution is 2.36. The monoisotopic (exact) mass is 408 g/mol. The van der Waals surface area contributed by atoms with Crippen LogP contribution in [0.2, 0.25) is 0 Å². The van der Waals surface area contributed by atoms with Crippen molar-refractivity contribution < 1.29 is 14.0 Å². The molecule has 0 spiro atoms. The van der Waals surface area contributed by atoms with Crippen LogP contribution in [0.4, 0.5) is 0 Å². The fraction of sp³-hybridized carbons (Fsp3) is 0.542. The smallest absolute Gasteiger partial charge is 0.399 e. The molecule has 4 rings (SSSR count). The Hall–Kier alpha value is -1.73. The maximum Gasteiger partial charge on any atom is 0.496 e. The molecule has 0 N–H and O–H groups in total. The first-order valence-corrected chi connectivity index (χ1v) is 10.9. The normalized spacial score (nSPS) is 21.7. The van der Waals surface area contributed by atoms with Gasteiger partial charge in [0.2, 0.25) is 0 Å². The number of rotatable bonds is 4. The van der Waals surface area contributed by atoms with Gasteiger partial charge < -0.3 is 14.0 Å². The molecule has 2 aliphatic rings. The first-order valence-electron chi connectivity index (χ1n) is 10.9. The lowest BCUT2D eigenvalue weighted by Gasteiger charge is -2.41. The Morgan fingerprint density at radius 2 is 1.50 bits per heavy atom. The van der Waals surface area contributed by atoms with Crippen molar-refractivity contribution in [2.45, 2.75) is 58.3 Å². The Bertz CT molecular complexity index is 856. The maximum atomic E-state index is 6.13. The van der Waals surface area contributed by atoms with Gasteiger partial charge in [0.15, 0.2) is 0 Å². The van der Waals surface area contributed by atoms with E-state index in [9.17, 15) is 0 Å². The molecular formula is C24H33BN2O3. The Morgan fingerprint density at radius 3 is 2.03 bits per heavy atom. The number of aromatic nitrogens is 1. The highest BCUT2D eigenvalue weighted by Gasteiger charge is 2.51. The van der Waals surface area contributed by atoms with Crippen molar-refractivity contribution >= 4 is 12.6 Å². The van der Waals surface area contributed by atoms with Crippen molar-refractivity contribution in [3.8, 4) is 11.3 Å². The highest BCUT2D eigenvalue weighted by atomic mass is 16.7. The SMILES string of the molecule is CC(C)(c1ccc(-c2ccc(B3OC(C)(C)C(C)(C)O3)cn2)cc1)N1CCOCC1. The molecule has 0 amide bonds. The molecule has 160 valence electrons. The summed E-state index contributed by atoms with van der Waals surface area (Å²) < 4.78 is 17.8. The van der Waals surface area contributed by atoms with Crippen LogP contribution in [0, 0.1) is 0 Å². The van der Waals surface area contributed by atoms with Crippen LogP contribution in [0.1, 0.15) is 47.1 Å². The second kappa shape index (κ2) is 7.76. The minimum atomic E-state index is -0.381. The molecular weight excluding hydrogens is 375 g/mol. The summed E-state index contributed by atoms with van der Waals surface area (Å²) >= 11 is 0. The summed E-state index contributed by atoms with van der Waals surface area (Å²) in [5, 5.41) is 0. The van der Waals surface area contributed by atoms with Crippen molar-refractivity contribution in [1.82, 2.24) is 9.88 Å². The Labute approximate surface area is 180 Å². The van der Waals surface area contributed by atoms with Crippen LogP contribution in [-0.4, -0.2) is 54.5 Å². The van der Waals surface area contributed by atoms with Gasteiger partial charge in [0, 0.05) is 35.9 Å². The van der Waals surface area contributed by atoms with Crippen molar-refractivity contribution in [3.05, 3.63) is 48.2 Å². The summed E-state index contributed by atoms with van der Waals surface area (Å²) in [4.78, 5) is 7.17. The molecule has 0 aliphatic carbocycles. The van der Waals surface area contributed by atoms with Gasteiger partial charge in [0.05, 0.1) is 30.1 Å². The second-order valence-electron chi connectivity index (χ2n) is 9.80. The molecule has 30 heavy (non-hydrogen) atoms. The standard InChI is InChI=1S/C24H33BN2O3/c1-22(2,27-13-15-28-16-14-27)19-9-7-18(8-10-19)21-12-11-20(17-26-21)25-29-23(3,4)24(5,6)30-25/h7-12,17H,13-16H2,1-6H3. The van der Waals surface area contributed by atoms with Crippen LogP contribution in [0.3, 0.4) is 0 Å². The summed E-state index contributed by atoms with van der Waals surface area (Å²) in [7, 11) is -0.381. The zero-order valence-corrected chi connectivity index (χ0v) is 19.1. The highest BCUT2D eigenvalue weighted by molar-refractivity contribution is 6.62. The fourth-order valence-corrected chi connectivity index (χ4v) is 4.05. The molecule has 2 aliphatic heterocycles. The Morgan fingerprint density at radius 1 is 0.900 bits per heavy atom. The minimum absolute atomic E-state index is 0.0175. The molecule has 0 bridgehead atoms. The van der Waals surface area contributed by atoms with Gasteiger partial charge in [-0.05, 0) is 53.2 Å². The Kier molecular flexibility index (Phi) is 5.56. The molecule has 0 saturated carbocycles.